The smallest absolute Gasteiger partial charge is 0.235 e. The van der Waals surface area contributed by atoms with E-state index in [2.05, 4.69) is 0 Å². The SMILES string of the molecule is Nc1cc(Cl)ccc1S(=O)CC(=O)N1CCCCC1. The molecule has 2 rings (SSSR count). The van der Waals surface area contributed by atoms with Gasteiger partial charge in [0.1, 0.15) is 5.75 Å². The second-order valence-corrected chi connectivity index (χ2v) is 6.47. The Morgan fingerprint density at radius 2 is 2.00 bits per heavy atom. The van der Waals surface area contributed by atoms with Crippen LogP contribution in [-0.4, -0.2) is 33.9 Å². The Morgan fingerprint density at radius 3 is 2.63 bits per heavy atom. The second-order valence-electron chi connectivity index (χ2n) is 4.61. The summed E-state index contributed by atoms with van der Waals surface area (Å²) in [7, 11) is -1.41. The molecule has 0 aromatic heterocycles. The molecule has 4 nitrogen and oxygen atoms in total. The predicted octanol–water partition coefficient (Wildman–Crippen LogP) is 2.04. The van der Waals surface area contributed by atoms with Gasteiger partial charge in [0, 0.05) is 23.8 Å². The molecule has 104 valence electrons. The molecule has 1 aliphatic rings. The number of rotatable bonds is 3. The number of likely N-dealkylation sites (tertiary alicyclic amines) is 1. The van der Waals surface area contributed by atoms with Crippen molar-refractivity contribution in [1.82, 2.24) is 4.90 Å². The molecule has 2 N–H and O–H groups in total. The van der Waals surface area contributed by atoms with Crippen LogP contribution in [0.25, 0.3) is 0 Å². The summed E-state index contributed by atoms with van der Waals surface area (Å²) in [6.45, 7) is 1.54. The van der Waals surface area contributed by atoms with Crippen LogP contribution in [0.2, 0.25) is 5.02 Å². The lowest BCUT2D eigenvalue weighted by Crippen LogP contribution is -2.38. The molecule has 0 saturated carbocycles. The molecule has 1 saturated heterocycles. The minimum Gasteiger partial charge on any atom is -0.398 e. The van der Waals surface area contributed by atoms with Gasteiger partial charge in [-0.25, -0.2) is 0 Å². The molecule has 1 heterocycles. The number of nitrogens with zero attached hydrogens (tertiary/aromatic N) is 1. The van der Waals surface area contributed by atoms with Gasteiger partial charge in [-0.15, -0.1) is 0 Å². The molecule has 19 heavy (non-hydrogen) atoms. The molecule has 1 aromatic carbocycles. The van der Waals surface area contributed by atoms with E-state index in [-0.39, 0.29) is 11.7 Å². The highest BCUT2D eigenvalue weighted by molar-refractivity contribution is 7.86. The van der Waals surface area contributed by atoms with Crippen molar-refractivity contribution in [2.24, 2.45) is 0 Å². The van der Waals surface area contributed by atoms with E-state index in [9.17, 15) is 9.00 Å². The van der Waals surface area contributed by atoms with Gasteiger partial charge in [0.05, 0.1) is 15.7 Å². The fraction of sp³-hybridized carbons (Fsp3) is 0.462. The lowest BCUT2D eigenvalue weighted by molar-refractivity contribution is -0.129. The quantitative estimate of drug-likeness (QED) is 0.869. The topological polar surface area (TPSA) is 63.4 Å². The molecular formula is C13H17ClN2O2S. The van der Waals surface area contributed by atoms with Crippen LogP contribution < -0.4 is 5.73 Å². The number of anilines is 1. The third-order valence-corrected chi connectivity index (χ3v) is 4.79. The number of benzene rings is 1. The van der Waals surface area contributed by atoms with E-state index in [0.717, 1.165) is 32.4 Å². The van der Waals surface area contributed by atoms with Crippen LogP contribution in [0, 0.1) is 0 Å². The molecule has 1 aromatic rings. The monoisotopic (exact) mass is 300 g/mol. The summed E-state index contributed by atoms with van der Waals surface area (Å²) in [5, 5.41) is 0.501. The molecule has 1 aliphatic heterocycles. The molecule has 1 fully saturated rings. The first-order valence-electron chi connectivity index (χ1n) is 6.29. The Bertz CT molecular complexity index is 501. The summed E-state index contributed by atoms with van der Waals surface area (Å²) in [5.41, 5.74) is 6.15. The number of piperidine rings is 1. The van der Waals surface area contributed by atoms with E-state index in [4.69, 9.17) is 17.3 Å². The Balaban J connectivity index is 2.02. The van der Waals surface area contributed by atoms with Crippen molar-refractivity contribution in [1.29, 1.82) is 0 Å². The number of nitrogen functional groups attached to an aromatic ring is 1. The van der Waals surface area contributed by atoms with Gasteiger partial charge < -0.3 is 10.6 Å². The molecular weight excluding hydrogens is 284 g/mol. The highest BCUT2D eigenvalue weighted by Crippen LogP contribution is 2.21. The van der Waals surface area contributed by atoms with Gasteiger partial charge in [-0.05, 0) is 37.5 Å². The fourth-order valence-corrected chi connectivity index (χ4v) is 3.44. The van der Waals surface area contributed by atoms with Crippen LogP contribution >= 0.6 is 11.6 Å². The van der Waals surface area contributed by atoms with E-state index in [1.807, 2.05) is 0 Å². The third kappa shape index (κ3) is 3.70. The van der Waals surface area contributed by atoms with Crippen LogP contribution in [0.15, 0.2) is 23.1 Å². The first-order valence-corrected chi connectivity index (χ1v) is 7.99. The van der Waals surface area contributed by atoms with Crippen molar-refractivity contribution in [2.45, 2.75) is 24.2 Å². The van der Waals surface area contributed by atoms with Gasteiger partial charge in [0.2, 0.25) is 5.91 Å². The summed E-state index contributed by atoms with van der Waals surface area (Å²) in [4.78, 5) is 14.3. The first-order chi connectivity index (χ1) is 9.08. The maximum absolute atomic E-state index is 12.2. The summed E-state index contributed by atoms with van der Waals surface area (Å²) in [5.74, 6) is -0.0707. The number of carbonyl (C=O) groups is 1. The van der Waals surface area contributed by atoms with Gasteiger partial charge in [-0.3, -0.25) is 9.00 Å². The zero-order valence-corrected chi connectivity index (χ0v) is 12.2. The van der Waals surface area contributed by atoms with E-state index in [1.54, 1.807) is 23.1 Å². The van der Waals surface area contributed by atoms with Gasteiger partial charge in [-0.2, -0.15) is 0 Å². The van der Waals surface area contributed by atoms with Crippen molar-refractivity contribution in [3.8, 4) is 0 Å². The largest absolute Gasteiger partial charge is 0.398 e. The van der Waals surface area contributed by atoms with Crippen LogP contribution in [-0.2, 0) is 15.6 Å². The fourth-order valence-electron chi connectivity index (χ4n) is 2.15. The van der Waals surface area contributed by atoms with Gasteiger partial charge >= 0.3 is 0 Å². The molecule has 1 amide bonds. The molecule has 0 aliphatic carbocycles. The van der Waals surface area contributed by atoms with Crippen LogP contribution in [0.1, 0.15) is 19.3 Å². The normalized spacial score (nSPS) is 17.2. The van der Waals surface area contributed by atoms with Gasteiger partial charge in [0.15, 0.2) is 0 Å². The zero-order valence-electron chi connectivity index (χ0n) is 10.6. The minimum absolute atomic E-state index is 0.00810. The highest BCUT2D eigenvalue weighted by atomic mass is 35.5. The Labute approximate surface area is 120 Å². The highest BCUT2D eigenvalue weighted by Gasteiger charge is 2.20. The maximum Gasteiger partial charge on any atom is 0.235 e. The zero-order chi connectivity index (χ0) is 13.8. The maximum atomic E-state index is 12.2. The molecule has 1 unspecified atom stereocenters. The standard InChI is InChI=1S/C13H17ClN2O2S/c14-10-4-5-12(11(15)8-10)19(18)9-13(17)16-6-2-1-3-7-16/h4-5,8H,1-3,6-7,9,15H2. The minimum atomic E-state index is -1.41. The third-order valence-electron chi connectivity index (χ3n) is 3.18. The number of nitrogens with two attached hydrogens (primary N) is 1. The van der Waals surface area contributed by atoms with E-state index in [0.29, 0.717) is 15.6 Å². The van der Waals surface area contributed by atoms with Gasteiger partial charge in [-0.1, -0.05) is 11.6 Å². The Hall–Kier alpha value is -1.07. The average Bonchev–Trinajstić information content (AvgIpc) is 2.39. The van der Waals surface area contributed by atoms with Crippen LogP contribution in [0.5, 0.6) is 0 Å². The van der Waals surface area contributed by atoms with E-state index < -0.39 is 10.8 Å². The van der Waals surface area contributed by atoms with Crippen molar-refractivity contribution >= 4 is 34.0 Å². The number of halogens is 1. The van der Waals surface area contributed by atoms with Crippen molar-refractivity contribution in [2.75, 3.05) is 24.6 Å². The first kappa shape index (κ1) is 14.3. The summed E-state index contributed by atoms with van der Waals surface area (Å²) in [6, 6.07) is 4.81. The number of amides is 1. The Morgan fingerprint density at radius 1 is 1.32 bits per heavy atom. The molecule has 0 spiro atoms. The molecule has 1 atom stereocenters. The summed E-state index contributed by atoms with van der Waals surface area (Å²) < 4.78 is 12.2. The summed E-state index contributed by atoms with van der Waals surface area (Å²) >= 11 is 5.79. The van der Waals surface area contributed by atoms with Crippen molar-refractivity contribution in [3.63, 3.8) is 0 Å². The van der Waals surface area contributed by atoms with E-state index >= 15 is 0 Å². The number of hydrogen-bond donors (Lipinski definition) is 1. The predicted molar refractivity (Wildman–Crippen MR) is 77.6 cm³/mol. The molecule has 0 bridgehead atoms. The van der Waals surface area contributed by atoms with Gasteiger partial charge in [0.25, 0.3) is 0 Å². The number of hydrogen-bond acceptors (Lipinski definition) is 3. The second kappa shape index (κ2) is 6.39. The molecule has 6 heteroatoms. The molecule has 0 radical (unpaired) electrons. The lowest BCUT2D eigenvalue weighted by atomic mass is 10.1. The Kier molecular flexibility index (Phi) is 4.82. The number of carbonyl (C=O) groups excluding carboxylic acids is 1. The van der Waals surface area contributed by atoms with E-state index in [1.165, 1.54) is 0 Å². The average molecular weight is 301 g/mol. The van der Waals surface area contributed by atoms with Crippen LogP contribution in [0.4, 0.5) is 5.69 Å². The summed E-state index contributed by atoms with van der Waals surface area (Å²) in [6.07, 6.45) is 3.22. The lowest BCUT2D eigenvalue weighted by Gasteiger charge is -2.26. The van der Waals surface area contributed by atoms with Crippen LogP contribution in [0.3, 0.4) is 0 Å². The van der Waals surface area contributed by atoms with Crippen molar-refractivity contribution in [3.05, 3.63) is 23.2 Å². The van der Waals surface area contributed by atoms with Crippen molar-refractivity contribution < 1.29 is 9.00 Å².